The first-order chi connectivity index (χ1) is 22.9. The van der Waals surface area contributed by atoms with E-state index < -0.39 is 0 Å². The summed E-state index contributed by atoms with van der Waals surface area (Å²) in [5, 5.41) is 10.8. The van der Waals surface area contributed by atoms with Crippen molar-refractivity contribution in [1.82, 2.24) is 0 Å². The van der Waals surface area contributed by atoms with Crippen molar-refractivity contribution in [1.29, 1.82) is 0 Å². The normalized spacial score (nSPS) is 9.52. The molecule has 0 N–H and O–H groups in total. The van der Waals surface area contributed by atoms with E-state index in [0.717, 1.165) is 0 Å². The second-order valence-electron chi connectivity index (χ2n) is 12.6. The molecule has 0 aliphatic carbocycles. The molecular formula is C46H48Cl2Zr2-2. The molecule has 0 amide bonds. The average molecular weight is 854 g/mol. The molecule has 8 aromatic carbocycles. The summed E-state index contributed by atoms with van der Waals surface area (Å²) < 4.78 is 3.01. The molecule has 256 valence electrons. The summed E-state index contributed by atoms with van der Waals surface area (Å²) in [4.78, 5) is 0. The van der Waals surface area contributed by atoms with E-state index >= 15 is 0 Å². The Morgan fingerprint density at radius 2 is 0.520 bits per heavy atom. The summed E-state index contributed by atoms with van der Waals surface area (Å²) in [6.07, 6.45) is 0. The van der Waals surface area contributed by atoms with Gasteiger partial charge in [-0.15, -0.1) is 162 Å². The topological polar surface area (TPSA) is 0 Å². The third kappa shape index (κ3) is 16.6. The molecular weight excluding hydrogens is 806 g/mol. The average Bonchev–Trinajstić information content (AvgIpc) is 3.79. The van der Waals surface area contributed by atoms with Gasteiger partial charge in [0.1, 0.15) is 0 Å². The van der Waals surface area contributed by atoms with Crippen LogP contribution in [-0.2, 0) is 48.5 Å². The van der Waals surface area contributed by atoms with Crippen molar-refractivity contribution in [2.45, 2.75) is 55.4 Å². The first-order valence-electron chi connectivity index (χ1n) is 16.4. The van der Waals surface area contributed by atoms with Crippen molar-refractivity contribution in [2.24, 2.45) is 0 Å². The maximum Gasteiger partial charge on any atom is -0.0579 e. The molecule has 4 heteroatoms. The van der Waals surface area contributed by atoms with Crippen LogP contribution in [0.15, 0.2) is 146 Å². The Labute approximate surface area is 342 Å². The molecule has 8 rings (SSSR count). The SMILES string of the molecule is C[C](C)=[Zr+2].C[C](C)=[Zr+2].Cc1cc2ccccc2[cH-]1.Cc1cc2ccccc2[cH-]1.Cc1cc2ccccc2[cH-]1.Cc1cc2ccccc2[cH-]1.[Cl-].[Cl-]. The number of hydrogen-bond donors (Lipinski definition) is 0. The second-order valence-corrected chi connectivity index (χ2v) is 17.6. The Bertz CT molecular complexity index is 1730. The van der Waals surface area contributed by atoms with Gasteiger partial charge in [0, 0.05) is 0 Å². The molecule has 0 spiro atoms. The van der Waals surface area contributed by atoms with Gasteiger partial charge in [0.2, 0.25) is 0 Å². The molecule has 0 saturated heterocycles. The fourth-order valence-corrected chi connectivity index (χ4v) is 5.22. The van der Waals surface area contributed by atoms with Crippen LogP contribution in [0.1, 0.15) is 49.9 Å². The Balaban J connectivity index is 0.000000308. The fraction of sp³-hybridized carbons (Fsp3) is 0.174. The maximum atomic E-state index is 2.20. The molecule has 0 aliphatic heterocycles. The third-order valence-electron chi connectivity index (χ3n) is 7.05. The van der Waals surface area contributed by atoms with E-state index in [1.807, 2.05) is 0 Å². The van der Waals surface area contributed by atoms with Gasteiger partial charge >= 0.3 is 82.6 Å². The summed E-state index contributed by atoms with van der Waals surface area (Å²) in [6.45, 7) is 17.0. The Hall–Kier alpha value is -2.59. The van der Waals surface area contributed by atoms with E-state index in [9.17, 15) is 0 Å². The minimum Gasteiger partial charge on any atom is -1.00 e. The van der Waals surface area contributed by atoms with Crippen LogP contribution < -0.4 is 24.8 Å². The molecule has 8 aromatic rings. The second kappa shape index (κ2) is 23.8. The van der Waals surface area contributed by atoms with Gasteiger partial charge in [0.25, 0.3) is 0 Å². The van der Waals surface area contributed by atoms with E-state index in [-0.39, 0.29) is 24.8 Å². The van der Waals surface area contributed by atoms with Crippen LogP contribution in [0.3, 0.4) is 0 Å². The smallest absolute Gasteiger partial charge is 0.0579 e. The van der Waals surface area contributed by atoms with Crippen LogP contribution in [0.5, 0.6) is 0 Å². The molecule has 0 heterocycles. The molecule has 0 radical (unpaired) electrons. The largest absolute Gasteiger partial charge is 1.00 e. The number of hydrogen-bond acceptors (Lipinski definition) is 0. The molecule has 50 heavy (non-hydrogen) atoms. The number of rotatable bonds is 0. The summed E-state index contributed by atoms with van der Waals surface area (Å²) in [6, 6.07) is 51.3. The van der Waals surface area contributed by atoms with Crippen LogP contribution in [0.2, 0.25) is 0 Å². The van der Waals surface area contributed by atoms with E-state index in [4.69, 9.17) is 0 Å². The van der Waals surface area contributed by atoms with E-state index in [2.05, 4.69) is 201 Å². The Kier molecular flexibility index (Phi) is 21.6. The first kappa shape index (κ1) is 45.4. The number of benzene rings is 4. The zero-order valence-electron chi connectivity index (χ0n) is 30.6. The summed E-state index contributed by atoms with van der Waals surface area (Å²) in [5.41, 5.74) is 5.39. The van der Waals surface area contributed by atoms with Crippen molar-refractivity contribution in [3.63, 3.8) is 0 Å². The van der Waals surface area contributed by atoms with Crippen molar-refractivity contribution >= 4 is 49.5 Å². The Morgan fingerprint density at radius 1 is 0.360 bits per heavy atom. The molecule has 0 atom stereocenters. The molecule has 0 saturated carbocycles. The van der Waals surface area contributed by atoms with Crippen LogP contribution in [0.4, 0.5) is 0 Å². The third-order valence-corrected chi connectivity index (χ3v) is 7.05. The van der Waals surface area contributed by atoms with Gasteiger partial charge in [-0.2, -0.15) is 24.3 Å². The molecule has 0 aliphatic rings. The number of aryl methyl sites for hydroxylation is 4. The van der Waals surface area contributed by atoms with Crippen molar-refractivity contribution in [3.05, 3.63) is 168 Å². The fourth-order valence-electron chi connectivity index (χ4n) is 5.22. The molecule has 0 fully saturated rings. The van der Waals surface area contributed by atoms with Gasteiger partial charge in [-0.3, -0.25) is 0 Å². The molecule has 0 aromatic heterocycles. The van der Waals surface area contributed by atoms with Crippen molar-refractivity contribution in [3.8, 4) is 0 Å². The standard InChI is InChI=1S/4C10H9.2C3H6.2ClH.2Zr/c4*1-8-6-9-4-2-3-5-10(9)7-8;2*1-3-2;;;;/h4*2-7H,1H3;2*1-2H3;2*1H;;/q4*-1;;;;;2*+2/p-2. The zero-order chi connectivity index (χ0) is 35.1. The van der Waals surface area contributed by atoms with E-state index in [1.165, 1.54) is 71.8 Å². The number of fused-ring (bicyclic) bond motifs is 4. The Morgan fingerprint density at radius 3 is 0.680 bits per heavy atom. The summed E-state index contributed by atoms with van der Waals surface area (Å²) in [7, 11) is 0. The minimum absolute atomic E-state index is 0. The molecule has 0 bridgehead atoms. The quantitative estimate of drug-likeness (QED) is 0.145. The van der Waals surface area contributed by atoms with Crippen LogP contribution in [0, 0.1) is 27.7 Å². The molecule has 0 unspecified atom stereocenters. The molecule has 0 nitrogen and oxygen atoms in total. The number of halogens is 2. The van der Waals surface area contributed by atoms with Gasteiger partial charge in [0.05, 0.1) is 0 Å². The summed E-state index contributed by atoms with van der Waals surface area (Å²) in [5.74, 6) is 0. The van der Waals surface area contributed by atoms with Crippen LogP contribution in [0.25, 0.3) is 43.1 Å². The van der Waals surface area contributed by atoms with Crippen LogP contribution >= 0.6 is 0 Å². The van der Waals surface area contributed by atoms with E-state index in [0.29, 0.717) is 0 Å². The van der Waals surface area contributed by atoms with Gasteiger partial charge < -0.3 is 24.8 Å². The van der Waals surface area contributed by atoms with Crippen molar-refractivity contribution in [2.75, 3.05) is 0 Å². The predicted molar refractivity (Wildman–Crippen MR) is 210 cm³/mol. The predicted octanol–water partition coefficient (Wildman–Crippen LogP) is 6.97. The van der Waals surface area contributed by atoms with Gasteiger partial charge in [-0.05, 0) is 0 Å². The van der Waals surface area contributed by atoms with Crippen LogP contribution in [-0.4, -0.2) is 6.41 Å². The monoisotopic (exact) mass is 850 g/mol. The van der Waals surface area contributed by atoms with Crippen molar-refractivity contribution < 1.29 is 73.3 Å². The summed E-state index contributed by atoms with van der Waals surface area (Å²) >= 11 is 3.11. The first-order valence-corrected chi connectivity index (χ1v) is 18.9. The van der Waals surface area contributed by atoms with Gasteiger partial charge in [-0.25, -0.2) is 0 Å². The zero-order valence-corrected chi connectivity index (χ0v) is 37.0. The van der Waals surface area contributed by atoms with E-state index in [1.54, 1.807) is 48.5 Å². The van der Waals surface area contributed by atoms with Gasteiger partial charge in [0.15, 0.2) is 0 Å². The van der Waals surface area contributed by atoms with Gasteiger partial charge in [-0.1, -0.05) is 52.0 Å². The minimum atomic E-state index is 0. The maximum absolute atomic E-state index is 2.20.